The first kappa shape index (κ1) is 65.0. The second-order valence-corrected chi connectivity index (χ2v) is 21.8. The average molecular weight is 1080 g/mol. The van der Waals surface area contributed by atoms with E-state index in [1.54, 1.807) is 40.9 Å². The number of cyclic esters (lactones) is 1. The topological polar surface area (TPSA) is 243 Å². The minimum absolute atomic E-state index is 0.0230. The van der Waals surface area contributed by atoms with E-state index < -0.39 is 83.9 Å². The Morgan fingerprint density at radius 1 is 0.789 bits per heavy atom. The van der Waals surface area contributed by atoms with Gasteiger partial charge in [0.2, 0.25) is 5.79 Å². The third-order valence-corrected chi connectivity index (χ3v) is 15.7. The predicted octanol–water partition coefficient (Wildman–Crippen LogP) is 5.59. The molecule has 3 fully saturated rings. The summed E-state index contributed by atoms with van der Waals surface area (Å²) in [7, 11) is 2.93. The maximum atomic E-state index is 14.5. The second kappa shape index (κ2) is 33.2. The van der Waals surface area contributed by atoms with E-state index in [9.17, 15) is 39.3 Å². The third kappa shape index (κ3) is 19.7. The molecule has 4 rings (SSSR count). The number of aliphatic hydroxyl groups is 4. The van der Waals surface area contributed by atoms with Crippen LogP contribution in [0.5, 0.6) is 0 Å². The maximum absolute atomic E-state index is 14.5. The number of hydrogen-bond acceptors (Lipinski definition) is 17. The minimum Gasteiger partial charge on any atom is -0.460 e. The number of ketones is 3. The van der Waals surface area contributed by atoms with Crippen LogP contribution in [0.1, 0.15) is 126 Å². The molecule has 2 bridgehead atoms. The number of carbonyl (C=O) groups excluding carboxylic acids is 5. The number of aliphatic hydroxyl groups excluding tert-OH is 3. The van der Waals surface area contributed by atoms with Crippen molar-refractivity contribution < 1.29 is 82.3 Å². The summed E-state index contributed by atoms with van der Waals surface area (Å²) in [5, 5.41) is 43.1. The molecule has 0 radical (unpaired) electrons. The van der Waals surface area contributed by atoms with Crippen LogP contribution >= 0.6 is 0 Å². The van der Waals surface area contributed by atoms with E-state index in [1.807, 2.05) is 51.2 Å². The van der Waals surface area contributed by atoms with Crippen LogP contribution in [0.3, 0.4) is 0 Å². The van der Waals surface area contributed by atoms with Gasteiger partial charge >= 0.3 is 5.97 Å². The number of methoxy groups -OCH3 is 2. The molecule has 1 amide bonds. The fourth-order valence-corrected chi connectivity index (χ4v) is 10.9. The molecule has 4 aliphatic rings. The van der Waals surface area contributed by atoms with Crippen LogP contribution in [0.25, 0.3) is 0 Å². The minimum atomic E-state index is -2.50. The number of hydrogen-bond donors (Lipinski definition) is 4. The number of esters is 1. The van der Waals surface area contributed by atoms with Crippen LogP contribution in [-0.4, -0.2) is 183 Å². The molecule has 1 aliphatic carbocycles. The van der Waals surface area contributed by atoms with Gasteiger partial charge in [0.15, 0.2) is 5.78 Å². The highest BCUT2D eigenvalue weighted by Crippen LogP contribution is 2.38. The van der Waals surface area contributed by atoms with Crippen LogP contribution < -0.4 is 0 Å². The van der Waals surface area contributed by atoms with Gasteiger partial charge in [0, 0.05) is 51.4 Å². The number of amides is 1. The summed E-state index contributed by atoms with van der Waals surface area (Å²) in [4.78, 5) is 72.7. The van der Waals surface area contributed by atoms with Crippen molar-refractivity contribution in [3.63, 3.8) is 0 Å². The van der Waals surface area contributed by atoms with Crippen molar-refractivity contribution in [2.24, 2.45) is 35.5 Å². The third-order valence-electron chi connectivity index (χ3n) is 15.7. The van der Waals surface area contributed by atoms with Gasteiger partial charge in [-0.25, -0.2) is 4.79 Å². The van der Waals surface area contributed by atoms with Crippen molar-refractivity contribution in [2.75, 3.05) is 73.6 Å². The van der Waals surface area contributed by atoms with E-state index >= 15 is 0 Å². The highest BCUT2D eigenvalue weighted by atomic mass is 16.6. The van der Waals surface area contributed by atoms with E-state index in [4.69, 9.17) is 43.0 Å². The van der Waals surface area contributed by atoms with Crippen molar-refractivity contribution in [3.8, 4) is 0 Å². The summed E-state index contributed by atoms with van der Waals surface area (Å²) in [6, 6.07) is -1.18. The fraction of sp³-hybridized carbons (Fsp3) is 0.776. The SMILES string of the molecule is CO[C@@H]1C[C@H](C[C@@H](C)[C@@H]2CC(=O)[C@H](C)/C=C(\C)[C@@H](O)[C@@H](OC)C(=O)[C@H](C)C[C@H](C)/C=C/C=C/C=C(\C)[C@@H](OCCOCCOCCOCCO)C[C@@H]3CC[C@@H](C)[C@@](O)(O3)C(=O)C(=O)N3CCCC[C@H]3C(=O)O2)CC[C@H]1O. The largest absolute Gasteiger partial charge is 0.460 e. The Labute approximate surface area is 451 Å². The highest BCUT2D eigenvalue weighted by Gasteiger charge is 2.53. The second-order valence-electron chi connectivity index (χ2n) is 21.8. The van der Waals surface area contributed by atoms with Crippen molar-refractivity contribution in [2.45, 2.75) is 180 Å². The van der Waals surface area contributed by atoms with E-state index in [2.05, 4.69) is 0 Å². The van der Waals surface area contributed by atoms with Crippen LogP contribution in [0.15, 0.2) is 47.6 Å². The Hall–Kier alpha value is -3.53. The van der Waals surface area contributed by atoms with E-state index in [0.717, 1.165) is 5.57 Å². The molecule has 4 N–H and O–H groups in total. The molecule has 0 aromatic heterocycles. The number of Topliss-reactive ketones (excluding diaryl/α,β-unsaturated/α-hetero) is 3. The fourth-order valence-electron chi connectivity index (χ4n) is 10.9. The Morgan fingerprint density at radius 2 is 1.47 bits per heavy atom. The molecule has 0 aromatic rings. The van der Waals surface area contributed by atoms with Crippen molar-refractivity contribution in [3.05, 3.63) is 47.6 Å². The monoisotopic (exact) mass is 1080 g/mol. The van der Waals surface area contributed by atoms with Gasteiger partial charge in [-0.05, 0) is 107 Å². The van der Waals surface area contributed by atoms with Crippen molar-refractivity contribution >= 4 is 29.2 Å². The van der Waals surface area contributed by atoms with E-state index in [0.29, 0.717) is 89.8 Å². The molecule has 432 valence electrons. The lowest BCUT2D eigenvalue weighted by atomic mass is 9.78. The standard InChI is InChI=1S/C58H93NO17/c1-37-15-11-10-12-16-38(2)49(74-30-29-73-28-27-72-26-25-71-24-23-60)35-45-20-18-43(7)58(68,76-45)55(65)56(66)59-22-14-13-17-46(59)57(67)75-50(40(4)33-44-19-21-47(61)51(34-44)69-8)36-48(62)39(3)32-42(6)53(64)54(70-9)52(63)41(5)31-37/h10-12,15-16,32,37,39-41,43-47,49-51,53-54,60-61,64,68H,13-14,17-31,33-36H2,1-9H3/b12-10+,15-11+,38-16+,42-32+/t37-,39-,40-,41-,43-,44+,45+,46+,47-,49+,50+,51-,53-,54+,58-/m1/s1. The molecule has 3 aliphatic heterocycles. The predicted molar refractivity (Wildman–Crippen MR) is 284 cm³/mol. The average Bonchev–Trinajstić information content (AvgIpc) is 3.40. The molecular weight excluding hydrogens is 983 g/mol. The zero-order valence-electron chi connectivity index (χ0n) is 46.9. The van der Waals surface area contributed by atoms with Crippen molar-refractivity contribution in [1.29, 1.82) is 0 Å². The molecule has 1 saturated carbocycles. The first-order valence-corrected chi connectivity index (χ1v) is 27.9. The molecule has 0 aromatic carbocycles. The van der Waals surface area contributed by atoms with Crippen molar-refractivity contribution in [1.82, 2.24) is 4.90 Å². The molecule has 2 saturated heterocycles. The normalized spacial score (nSPS) is 36.3. The van der Waals surface area contributed by atoms with Crippen LogP contribution in [0.2, 0.25) is 0 Å². The number of fused-ring (bicyclic) bond motifs is 3. The number of ether oxygens (including phenoxy) is 8. The zero-order chi connectivity index (χ0) is 56.0. The molecule has 15 atom stereocenters. The van der Waals surface area contributed by atoms with Crippen LogP contribution in [-0.2, 0) is 61.9 Å². The summed E-state index contributed by atoms with van der Waals surface area (Å²) in [5.74, 6) is -8.34. The van der Waals surface area contributed by atoms with Crippen LogP contribution in [0, 0.1) is 35.5 Å². The smallest absolute Gasteiger partial charge is 0.329 e. The van der Waals surface area contributed by atoms with Gasteiger partial charge in [-0.3, -0.25) is 19.2 Å². The molecular formula is C58H93NO17. The lowest BCUT2D eigenvalue weighted by Gasteiger charge is -2.43. The molecule has 3 heterocycles. The summed E-state index contributed by atoms with van der Waals surface area (Å²) in [6.45, 7) is 14.7. The van der Waals surface area contributed by atoms with Gasteiger partial charge in [-0.15, -0.1) is 0 Å². The Balaban J connectivity index is 1.66. The molecule has 18 nitrogen and oxygen atoms in total. The van der Waals surface area contributed by atoms with Gasteiger partial charge in [0.1, 0.15) is 30.1 Å². The molecule has 0 spiro atoms. The Morgan fingerprint density at radius 3 is 2.14 bits per heavy atom. The summed E-state index contributed by atoms with van der Waals surface area (Å²) in [6.07, 6.45) is 10.4. The zero-order valence-corrected chi connectivity index (χ0v) is 46.9. The maximum Gasteiger partial charge on any atom is 0.329 e. The highest BCUT2D eigenvalue weighted by molar-refractivity contribution is 6.39. The van der Waals surface area contributed by atoms with E-state index in [-0.39, 0.29) is 87.7 Å². The first-order valence-electron chi connectivity index (χ1n) is 27.9. The molecule has 18 heteroatoms. The quantitative estimate of drug-likeness (QED) is 0.0600. The molecule has 0 unspecified atom stereocenters. The van der Waals surface area contributed by atoms with Gasteiger partial charge in [0.25, 0.3) is 11.7 Å². The number of carbonyl (C=O) groups is 5. The summed E-state index contributed by atoms with van der Waals surface area (Å²) in [5.41, 5.74) is 1.20. The van der Waals surface area contributed by atoms with Gasteiger partial charge < -0.3 is 63.2 Å². The first-order chi connectivity index (χ1) is 36.2. The summed E-state index contributed by atoms with van der Waals surface area (Å²) >= 11 is 0. The van der Waals surface area contributed by atoms with E-state index in [1.165, 1.54) is 12.0 Å². The Kier molecular flexibility index (Phi) is 28.3. The number of rotatable bonds is 17. The Bertz CT molecular complexity index is 1950. The van der Waals surface area contributed by atoms with Gasteiger partial charge in [-0.2, -0.15) is 0 Å². The number of piperidine rings is 1. The van der Waals surface area contributed by atoms with Gasteiger partial charge in [0.05, 0.1) is 77.3 Å². The number of nitrogens with zero attached hydrogens (tertiary/aromatic N) is 1. The lowest BCUT2D eigenvalue weighted by Crippen LogP contribution is -2.61. The van der Waals surface area contributed by atoms with Gasteiger partial charge in [-0.1, -0.05) is 71.1 Å². The summed E-state index contributed by atoms with van der Waals surface area (Å²) < 4.78 is 46.6. The number of allylic oxidation sites excluding steroid dienone is 6. The van der Waals surface area contributed by atoms with Crippen LogP contribution in [0.4, 0.5) is 0 Å². The lowest BCUT2D eigenvalue weighted by molar-refractivity contribution is -0.266. The molecule has 76 heavy (non-hydrogen) atoms.